The van der Waals surface area contributed by atoms with E-state index in [1.165, 1.54) is 4.90 Å². The molecule has 5 nitrogen and oxygen atoms in total. The van der Waals surface area contributed by atoms with E-state index in [1.807, 2.05) is 39.8 Å². The molecule has 0 bridgehead atoms. The van der Waals surface area contributed by atoms with Gasteiger partial charge in [0, 0.05) is 29.3 Å². The van der Waals surface area contributed by atoms with Crippen molar-refractivity contribution in [3.05, 3.63) is 22.8 Å². The van der Waals surface area contributed by atoms with Gasteiger partial charge >= 0.3 is 6.09 Å². The van der Waals surface area contributed by atoms with Crippen LogP contribution in [0.25, 0.3) is 0 Å². The van der Waals surface area contributed by atoms with Crippen LogP contribution in [-0.2, 0) is 0 Å². The highest BCUT2D eigenvalue weighted by Crippen LogP contribution is 2.16. The van der Waals surface area contributed by atoms with Crippen LogP contribution in [0.5, 0.6) is 0 Å². The Hall–Kier alpha value is -1.30. The van der Waals surface area contributed by atoms with Crippen LogP contribution in [0.1, 0.15) is 27.7 Å². The molecule has 0 radical (unpaired) electrons. The van der Waals surface area contributed by atoms with Crippen LogP contribution < -0.4 is 5.32 Å². The first-order valence-corrected chi connectivity index (χ1v) is 7.35. The highest BCUT2D eigenvalue weighted by molar-refractivity contribution is 9.10. The molecule has 2 N–H and O–H groups in total. The monoisotopic (exact) mass is 343 g/mol. The highest BCUT2D eigenvalue weighted by atomic mass is 79.9. The summed E-state index contributed by atoms with van der Waals surface area (Å²) in [5.41, 5.74) is -0.393. The van der Waals surface area contributed by atoms with Gasteiger partial charge in [-0.3, -0.25) is 0 Å². The molecular formula is C14H22BrN3O2. The van der Waals surface area contributed by atoms with Crippen LogP contribution in [0.2, 0.25) is 0 Å². The largest absolute Gasteiger partial charge is 0.465 e. The van der Waals surface area contributed by atoms with E-state index < -0.39 is 11.6 Å². The molecule has 112 valence electrons. The summed E-state index contributed by atoms with van der Waals surface area (Å²) in [7, 11) is 0. The second kappa shape index (κ2) is 6.92. The number of halogens is 1. The van der Waals surface area contributed by atoms with Crippen molar-refractivity contribution >= 4 is 27.8 Å². The summed E-state index contributed by atoms with van der Waals surface area (Å²) in [6.07, 6.45) is 0.845. The zero-order valence-corrected chi connectivity index (χ0v) is 13.9. The molecule has 0 aromatic carbocycles. The topological polar surface area (TPSA) is 65.5 Å². The molecule has 1 heterocycles. The molecule has 1 rings (SSSR count). The van der Waals surface area contributed by atoms with Crippen molar-refractivity contribution in [1.82, 2.24) is 9.88 Å². The Labute approximate surface area is 128 Å². The van der Waals surface area contributed by atoms with Gasteiger partial charge in [-0.25, -0.2) is 9.78 Å². The highest BCUT2D eigenvalue weighted by Gasteiger charge is 2.27. The summed E-state index contributed by atoms with van der Waals surface area (Å²) in [5.74, 6) is 0.980. The lowest BCUT2D eigenvalue weighted by molar-refractivity contribution is 0.0917. The van der Waals surface area contributed by atoms with Gasteiger partial charge in [0.15, 0.2) is 0 Å². The summed E-state index contributed by atoms with van der Waals surface area (Å²) >= 11 is 3.33. The number of aromatic nitrogens is 1. The van der Waals surface area contributed by atoms with E-state index in [4.69, 9.17) is 0 Å². The number of anilines is 1. The Balaban J connectivity index is 2.52. The number of nitrogens with zero attached hydrogens (tertiary/aromatic N) is 2. The van der Waals surface area contributed by atoms with Crippen molar-refractivity contribution in [3.8, 4) is 0 Å². The van der Waals surface area contributed by atoms with E-state index >= 15 is 0 Å². The zero-order chi connectivity index (χ0) is 15.3. The summed E-state index contributed by atoms with van der Waals surface area (Å²) < 4.78 is 0.931. The van der Waals surface area contributed by atoms with E-state index in [1.54, 1.807) is 6.20 Å². The van der Waals surface area contributed by atoms with Gasteiger partial charge in [0.25, 0.3) is 0 Å². The van der Waals surface area contributed by atoms with Crippen LogP contribution >= 0.6 is 15.9 Å². The lowest BCUT2D eigenvalue weighted by Gasteiger charge is -2.35. The summed E-state index contributed by atoms with van der Waals surface area (Å²) in [6, 6.07) is 3.80. The summed E-state index contributed by atoms with van der Waals surface area (Å²) in [6.45, 7) is 8.89. The molecular weight excluding hydrogens is 322 g/mol. The standard InChI is InChI=1S/C14H22BrN3O2/c1-10(9-18(13(19)20)14(2,3)4)7-16-12-6-5-11(15)8-17-12/h5-6,8,10H,7,9H2,1-4H3,(H,16,17)(H,19,20). The first-order valence-electron chi connectivity index (χ1n) is 6.56. The molecule has 1 atom stereocenters. The average Bonchev–Trinajstić information content (AvgIpc) is 2.33. The minimum absolute atomic E-state index is 0.191. The molecule has 0 saturated heterocycles. The molecule has 1 amide bonds. The number of carboxylic acid groups (broad SMARTS) is 1. The third-order valence-electron chi connectivity index (χ3n) is 2.89. The Morgan fingerprint density at radius 3 is 2.60 bits per heavy atom. The maximum absolute atomic E-state index is 11.3. The lowest BCUT2D eigenvalue weighted by atomic mass is 10.0. The number of hydrogen-bond acceptors (Lipinski definition) is 3. The summed E-state index contributed by atoms with van der Waals surface area (Å²) in [4.78, 5) is 17.0. The molecule has 0 aliphatic rings. The zero-order valence-electron chi connectivity index (χ0n) is 12.4. The second-order valence-electron chi connectivity index (χ2n) is 5.91. The van der Waals surface area contributed by atoms with E-state index in [9.17, 15) is 9.90 Å². The fraction of sp³-hybridized carbons (Fsp3) is 0.571. The molecule has 0 fully saturated rings. The fourth-order valence-corrected chi connectivity index (χ4v) is 2.01. The van der Waals surface area contributed by atoms with Crippen LogP contribution in [0.3, 0.4) is 0 Å². The maximum Gasteiger partial charge on any atom is 0.407 e. The van der Waals surface area contributed by atoms with Crippen molar-refractivity contribution in [2.75, 3.05) is 18.4 Å². The van der Waals surface area contributed by atoms with Gasteiger partial charge in [0.1, 0.15) is 5.82 Å². The quantitative estimate of drug-likeness (QED) is 0.855. The van der Waals surface area contributed by atoms with E-state index in [0.29, 0.717) is 13.1 Å². The normalized spacial score (nSPS) is 12.8. The Kier molecular flexibility index (Phi) is 5.80. The fourth-order valence-electron chi connectivity index (χ4n) is 1.77. The minimum atomic E-state index is -0.883. The van der Waals surface area contributed by atoms with Crippen molar-refractivity contribution < 1.29 is 9.90 Å². The van der Waals surface area contributed by atoms with Gasteiger partial charge in [-0.2, -0.15) is 0 Å². The SMILES string of the molecule is CC(CNc1ccc(Br)cn1)CN(C(=O)O)C(C)(C)C. The second-order valence-corrected chi connectivity index (χ2v) is 6.83. The van der Waals surface area contributed by atoms with Gasteiger partial charge in [0.2, 0.25) is 0 Å². The predicted octanol–water partition coefficient (Wildman–Crippen LogP) is 3.67. The van der Waals surface area contributed by atoms with Crippen molar-refractivity contribution in [2.45, 2.75) is 33.2 Å². The molecule has 0 aliphatic heterocycles. The Morgan fingerprint density at radius 2 is 2.15 bits per heavy atom. The molecule has 6 heteroatoms. The van der Waals surface area contributed by atoms with E-state index in [2.05, 4.69) is 26.2 Å². The number of amides is 1. The molecule has 1 aromatic rings. The maximum atomic E-state index is 11.3. The Morgan fingerprint density at radius 1 is 1.50 bits per heavy atom. The van der Waals surface area contributed by atoms with Gasteiger partial charge in [-0.05, 0) is 54.8 Å². The van der Waals surface area contributed by atoms with Crippen LogP contribution in [0.4, 0.5) is 10.6 Å². The number of carbonyl (C=O) groups is 1. The average molecular weight is 344 g/mol. The number of nitrogens with one attached hydrogen (secondary N) is 1. The summed E-state index contributed by atoms with van der Waals surface area (Å²) in [5, 5.41) is 12.5. The first kappa shape index (κ1) is 16.8. The molecule has 0 aliphatic carbocycles. The van der Waals surface area contributed by atoms with Crippen molar-refractivity contribution in [1.29, 1.82) is 0 Å². The molecule has 1 unspecified atom stereocenters. The Bertz CT molecular complexity index is 443. The smallest absolute Gasteiger partial charge is 0.407 e. The van der Waals surface area contributed by atoms with Crippen molar-refractivity contribution in [2.24, 2.45) is 5.92 Å². The number of hydrogen-bond donors (Lipinski definition) is 2. The van der Waals surface area contributed by atoms with Gasteiger partial charge < -0.3 is 15.3 Å². The first-order chi connectivity index (χ1) is 9.20. The van der Waals surface area contributed by atoms with E-state index in [-0.39, 0.29) is 5.92 Å². The van der Waals surface area contributed by atoms with Crippen LogP contribution in [-0.4, -0.2) is 39.7 Å². The molecule has 1 aromatic heterocycles. The van der Waals surface area contributed by atoms with Crippen LogP contribution in [0, 0.1) is 5.92 Å². The van der Waals surface area contributed by atoms with Gasteiger partial charge in [-0.1, -0.05) is 6.92 Å². The van der Waals surface area contributed by atoms with Crippen LogP contribution in [0.15, 0.2) is 22.8 Å². The predicted molar refractivity (Wildman–Crippen MR) is 84.1 cm³/mol. The van der Waals surface area contributed by atoms with Gasteiger partial charge in [-0.15, -0.1) is 0 Å². The third kappa shape index (κ3) is 5.36. The molecule has 0 spiro atoms. The van der Waals surface area contributed by atoms with E-state index in [0.717, 1.165) is 10.3 Å². The lowest BCUT2D eigenvalue weighted by Crippen LogP contribution is -2.47. The minimum Gasteiger partial charge on any atom is -0.465 e. The van der Waals surface area contributed by atoms with Crippen molar-refractivity contribution in [3.63, 3.8) is 0 Å². The number of pyridine rings is 1. The molecule has 20 heavy (non-hydrogen) atoms. The number of rotatable bonds is 5. The van der Waals surface area contributed by atoms with Gasteiger partial charge in [0.05, 0.1) is 0 Å². The third-order valence-corrected chi connectivity index (χ3v) is 3.36. The molecule has 0 saturated carbocycles.